The van der Waals surface area contributed by atoms with Crippen LogP contribution in [0.1, 0.15) is 15.9 Å². The molecule has 2 aromatic rings. The van der Waals surface area contributed by atoms with Crippen LogP contribution in [0.5, 0.6) is 11.5 Å². The van der Waals surface area contributed by atoms with Crippen molar-refractivity contribution in [1.29, 1.82) is 0 Å². The molecule has 23 heavy (non-hydrogen) atoms. The number of anilines is 1. The van der Waals surface area contributed by atoms with Crippen molar-refractivity contribution in [2.45, 2.75) is 6.92 Å². The molecule has 2 rings (SSSR count). The van der Waals surface area contributed by atoms with E-state index in [1.807, 2.05) is 13.0 Å². The molecule has 0 aliphatic heterocycles. The molecular weight excluding hydrogens is 300 g/mol. The number of methoxy groups -OCH3 is 2. The Morgan fingerprint density at radius 1 is 1.09 bits per heavy atom. The van der Waals surface area contributed by atoms with Gasteiger partial charge in [0.2, 0.25) is 0 Å². The summed E-state index contributed by atoms with van der Waals surface area (Å²) in [5, 5.41) is 13.6. The summed E-state index contributed by atoms with van der Waals surface area (Å²) in [7, 11) is 2.89. The van der Waals surface area contributed by atoms with Crippen LogP contribution in [0.2, 0.25) is 0 Å². The first-order valence-electron chi connectivity index (χ1n) is 6.74. The van der Waals surface area contributed by atoms with Crippen LogP contribution in [0.15, 0.2) is 36.4 Å². The lowest BCUT2D eigenvalue weighted by molar-refractivity contribution is -0.384. The molecule has 0 spiro atoms. The quantitative estimate of drug-likeness (QED) is 0.676. The van der Waals surface area contributed by atoms with E-state index in [1.165, 1.54) is 32.4 Å². The van der Waals surface area contributed by atoms with Gasteiger partial charge in [-0.15, -0.1) is 0 Å². The van der Waals surface area contributed by atoms with Crippen molar-refractivity contribution >= 4 is 17.3 Å². The summed E-state index contributed by atoms with van der Waals surface area (Å²) in [4.78, 5) is 22.8. The SMILES string of the molecule is COc1ccc(C)cc1NC(=O)c1cc([N+](=O)[O-])ccc1OC. The molecule has 120 valence electrons. The Morgan fingerprint density at radius 3 is 2.35 bits per heavy atom. The third-order valence-electron chi connectivity index (χ3n) is 3.24. The van der Waals surface area contributed by atoms with Crippen LogP contribution in [0.3, 0.4) is 0 Å². The topological polar surface area (TPSA) is 90.7 Å². The van der Waals surface area contributed by atoms with Crippen LogP contribution in [-0.2, 0) is 0 Å². The summed E-state index contributed by atoms with van der Waals surface area (Å²) < 4.78 is 10.3. The summed E-state index contributed by atoms with van der Waals surface area (Å²) in [5.41, 5.74) is 1.30. The second-order valence-electron chi connectivity index (χ2n) is 4.80. The van der Waals surface area contributed by atoms with Gasteiger partial charge in [-0.25, -0.2) is 0 Å². The number of hydrogen-bond acceptors (Lipinski definition) is 5. The number of benzene rings is 2. The molecule has 0 heterocycles. The summed E-state index contributed by atoms with van der Waals surface area (Å²) in [5.74, 6) is 0.225. The van der Waals surface area contributed by atoms with Crippen molar-refractivity contribution in [2.75, 3.05) is 19.5 Å². The highest BCUT2D eigenvalue weighted by molar-refractivity contribution is 6.07. The van der Waals surface area contributed by atoms with E-state index in [1.54, 1.807) is 12.1 Å². The van der Waals surface area contributed by atoms with Crippen molar-refractivity contribution < 1.29 is 19.2 Å². The molecule has 0 fully saturated rings. The zero-order valence-corrected chi connectivity index (χ0v) is 13.0. The van der Waals surface area contributed by atoms with Gasteiger partial charge in [-0.1, -0.05) is 6.07 Å². The van der Waals surface area contributed by atoms with Crippen molar-refractivity contribution in [3.05, 3.63) is 57.6 Å². The summed E-state index contributed by atoms with van der Waals surface area (Å²) in [6, 6.07) is 9.18. The molecule has 1 N–H and O–H groups in total. The van der Waals surface area contributed by atoms with E-state index in [9.17, 15) is 14.9 Å². The van der Waals surface area contributed by atoms with Crippen molar-refractivity contribution in [2.24, 2.45) is 0 Å². The fourth-order valence-corrected chi connectivity index (χ4v) is 2.10. The summed E-state index contributed by atoms with van der Waals surface area (Å²) in [6.45, 7) is 1.88. The van der Waals surface area contributed by atoms with E-state index < -0.39 is 10.8 Å². The third-order valence-corrected chi connectivity index (χ3v) is 3.24. The molecule has 0 bridgehead atoms. The van der Waals surface area contributed by atoms with Crippen molar-refractivity contribution in [3.8, 4) is 11.5 Å². The van der Waals surface area contributed by atoms with Crippen LogP contribution in [0, 0.1) is 17.0 Å². The molecule has 0 aliphatic rings. The van der Waals surface area contributed by atoms with Gasteiger partial charge >= 0.3 is 0 Å². The number of nitro groups is 1. The number of nitrogens with one attached hydrogen (secondary N) is 1. The second kappa shape index (κ2) is 6.78. The Hall–Kier alpha value is -3.09. The zero-order valence-electron chi connectivity index (χ0n) is 13.0. The summed E-state index contributed by atoms with van der Waals surface area (Å²) in [6.07, 6.45) is 0. The van der Waals surface area contributed by atoms with Gasteiger partial charge in [0.1, 0.15) is 11.5 Å². The molecular formula is C16H16N2O5. The molecule has 0 unspecified atom stereocenters. The number of non-ortho nitro benzene ring substituents is 1. The van der Waals surface area contributed by atoms with Crippen LogP contribution >= 0.6 is 0 Å². The number of nitro benzene ring substituents is 1. The number of aryl methyl sites for hydroxylation is 1. The van der Waals surface area contributed by atoms with Crippen LogP contribution in [0.25, 0.3) is 0 Å². The lowest BCUT2D eigenvalue weighted by Gasteiger charge is -2.12. The highest BCUT2D eigenvalue weighted by Gasteiger charge is 2.18. The lowest BCUT2D eigenvalue weighted by Crippen LogP contribution is -2.14. The van der Waals surface area contributed by atoms with E-state index in [4.69, 9.17) is 9.47 Å². The monoisotopic (exact) mass is 316 g/mol. The minimum atomic E-state index is -0.566. The number of amides is 1. The Morgan fingerprint density at radius 2 is 1.74 bits per heavy atom. The van der Waals surface area contributed by atoms with E-state index in [2.05, 4.69) is 5.32 Å². The van der Waals surface area contributed by atoms with E-state index in [0.29, 0.717) is 11.4 Å². The van der Waals surface area contributed by atoms with E-state index in [0.717, 1.165) is 5.56 Å². The highest BCUT2D eigenvalue weighted by Crippen LogP contribution is 2.28. The van der Waals surface area contributed by atoms with Gasteiger partial charge in [-0.3, -0.25) is 14.9 Å². The molecule has 2 aromatic carbocycles. The first kappa shape index (κ1) is 16.3. The fourth-order valence-electron chi connectivity index (χ4n) is 2.10. The smallest absolute Gasteiger partial charge is 0.270 e. The predicted octanol–water partition coefficient (Wildman–Crippen LogP) is 3.17. The van der Waals surface area contributed by atoms with Gasteiger partial charge in [-0.2, -0.15) is 0 Å². The first-order chi connectivity index (χ1) is 11.0. The molecule has 0 saturated carbocycles. The van der Waals surface area contributed by atoms with Gasteiger partial charge < -0.3 is 14.8 Å². The molecule has 7 nitrogen and oxygen atoms in total. The number of rotatable bonds is 5. The minimum Gasteiger partial charge on any atom is -0.496 e. The molecule has 0 saturated heterocycles. The van der Waals surface area contributed by atoms with Gasteiger partial charge in [-0.05, 0) is 30.7 Å². The van der Waals surface area contributed by atoms with E-state index >= 15 is 0 Å². The molecule has 0 radical (unpaired) electrons. The first-order valence-corrected chi connectivity index (χ1v) is 6.74. The van der Waals surface area contributed by atoms with Gasteiger partial charge in [0.25, 0.3) is 11.6 Å². The maximum absolute atomic E-state index is 12.5. The van der Waals surface area contributed by atoms with Gasteiger partial charge in [0, 0.05) is 12.1 Å². The van der Waals surface area contributed by atoms with Crippen LogP contribution in [-0.4, -0.2) is 25.1 Å². The molecule has 1 amide bonds. The average molecular weight is 316 g/mol. The normalized spacial score (nSPS) is 10.0. The minimum absolute atomic E-state index is 0.0743. The van der Waals surface area contributed by atoms with Crippen molar-refractivity contribution in [3.63, 3.8) is 0 Å². The maximum atomic E-state index is 12.5. The summed E-state index contributed by atoms with van der Waals surface area (Å²) >= 11 is 0. The van der Waals surface area contributed by atoms with Gasteiger partial charge in [0.05, 0.1) is 30.4 Å². The number of nitrogens with zero attached hydrogens (tertiary/aromatic N) is 1. The van der Waals surface area contributed by atoms with Crippen molar-refractivity contribution in [1.82, 2.24) is 0 Å². The molecule has 0 aliphatic carbocycles. The van der Waals surface area contributed by atoms with Gasteiger partial charge in [0.15, 0.2) is 0 Å². The number of ether oxygens (including phenoxy) is 2. The van der Waals surface area contributed by atoms with E-state index in [-0.39, 0.29) is 17.0 Å². The third kappa shape index (κ3) is 3.57. The van der Waals surface area contributed by atoms with Crippen LogP contribution in [0.4, 0.5) is 11.4 Å². The fraction of sp³-hybridized carbons (Fsp3) is 0.188. The largest absolute Gasteiger partial charge is 0.496 e. The molecule has 7 heteroatoms. The second-order valence-corrected chi connectivity index (χ2v) is 4.80. The Labute approximate surface area is 133 Å². The molecule has 0 atom stereocenters. The Bertz CT molecular complexity index is 758. The Balaban J connectivity index is 2.39. The standard InChI is InChI=1S/C16H16N2O5/c1-10-4-6-15(23-3)13(8-10)17-16(19)12-9-11(18(20)21)5-7-14(12)22-2/h4-9H,1-3H3,(H,17,19). The highest BCUT2D eigenvalue weighted by atomic mass is 16.6. The lowest BCUT2D eigenvalue weighted by atomic mass is 10.1. The Kier molecular flexibility index (Phi) is 4.80. The van der Waals surface area contributed by atoms with Crippen LogP contribution < -0.4 is 14.8 Å². The average Bonchev–Trinajstić information content (AvgIpc) is 2.54. The maximum Gasteiger partial charge on any atom is 0.270 e. The number of carbonyl (C=O) groups excluding carboxylic acids is 1. The number of hydrogen-bond donors (Lipinski definition) is 1. The predicted molar refractivity (Wildman–Crippen MR) is 85.3 cm³/mol. The zero-order chi connectivity index (χ0) is 17.0. The molecule has 0 aromatic heterocycles. The number of carbonyl (C=O) groups is 1.